The Hall–Kier alpha value is -7.43. The summed E-state index contributed by atoms with van der Waals surface area (Å²) in [5, 5.41) is 1.23. The van der Waals surface area contributed by atoms with E-state index < -0.39 is 0 Å². The Morgan fingerprint density at radius 3 is 1.42 bits per heavy atom. The first-order valence-corrected chi connectivity index (χ1v) is 18.2. The molecule has 0 saturated carbocycles. The molecule has 258 valence electrons. The van der Waals surface area contributed by atoms with Gasteiger partial charge in [0.05, 0.1) is 16.5 Å². The van der Waals surface area contributed by atoms with Crippen molar-refractivity contribution in [1.29, 1.82) is 0 Å². The summed E-state index contributed by atoms with van der Waals surface area (Å²) in [6.45, 7) is 0. The van der Waals surface area contributed by atoms with Crippen LogP contribution in [0.5, 0.6) is 0 Å². The minimum absolute atomic E-state index is 0.0640. The van der Waals surface area contributed by atoms with Crippen LogP contribution in [0.2, 0.25) is 0 Å². The molecule has 0 radical (unpaired) electrons. The molecule has 0 atom stereocenters. The molecule has 10 rings (SSSR count). The SMILES string of the molecule is [2H]c1c([2H])c([2H])c2c(c1[2H])c1cc(-c3cccc(-c4ccccc4)c3)ccc1n2-c1cccc(-c2cccc(-c3nc(-c4ccccc4)nc(-c4ccccc4)n3)c2)c1. The lowest BCUT2D eigenvalue weighted by Crippen LogP contribution is -2.00. The van der Waals surface area contributed by atoms with Crippen molar-refractivity contribution in [3.05, 3.63) is 206 Å². The lowest BCUT2D eigenvalue weighted by molar-refractivity contribution is 1.07. The predicted molar refractivity (Wildman–Crippen MR) is 227 cm³/mol. The van der Waals surface area contributed by atoms with Crippen LogP contribution < -0.4 is 0 Å². The number of fused-ring (bicyclic) bond motifs is 3. The van der Waals surface area contributed by atoms with Crippen LogP contribution in [-0.2, 0) is 0 Å². The van der Waals surface area contributed by atoms with Gasteiger partial charge in [0.1, 0.15) is 0 Å². The maximum absolute atomic E-state index is 9.16. The summed E-state index contributed by atoms with van der Waals surface area (Å²) in [5.41, 5.74) is 10.7. The Bertz CT molecular complexity index is 3140. The Morgan fingerprint density at radius 1 is 0.327 bits per heavy atom. The molecule has 0 aliphatic rings. The number of rotatable bonds is 7. The fraction of sp³-hybridized carbons (Fsp3) is 0. The summed E-state index contributed by atoms with van der Waals surface area (Å²) >= 11 is 0. The second kappa shape index (κ2) is 13.8. The van der Waals surface area contributed by atoms with Gasteiger partial charge in [-0.25, -0.2) is 15.0 Å². The molecule has 4 nitrogen and oxygen atoms in total. The first-order chi connectivity index (χ1) is 28.9. The van der Waals surface area contributed by atoms with Crippen molar-refractivity contribution in [2.75, 3.05) is 0 Å². The smallest absolute Gasteiger partial charge is 0.164 e. The van der Waals surface area contributed by atoms with Gasteiger partial charge in [0.2, 0.25) is 0 Å². The summed E-state index contributed by atoms with van der Waals surface area (Å²) in [4.78, 5) is 14.7. The van der Waals surface area contributed by atoms with Gasteiger partial charge in [-0.3, -0.25) is 0 Å². The van der Waals surface area contributed by atoms with E-state index in [2.05, 4.69) is 48.5 Å². The molecule has 2 aromatic heterocycles. The van der Waals surface area contributed by atoms with Crippen LogP contribution in [0.3, 0.4) is 0 Å². The zero-order valence-electron chi connectivity index (χ0n) is 33.6. The number of nitrogens with zero attached hydrogens (tertiary/aromatic N) is 4. The summed E-state index contributed by atoms with van der Waals surface area (Å²) < 4.78 is 37.5. The molecule has 0 aliphatic carbocycles. The molecule has 0 unspecified atom stereocenters. The van der Waals surface area contributed by atoms with Crippen LogP contribution in [0.15, 0.2) is 206 Å². The van der Waals surface area contributed by atoms with Gasteiger partial charge in [-0.2, -0.15) is 0 Å². The van der Waals surface area contributed by atoms with Crippen molar-refractivity contribution in [3.63, 3.8) is 0 Å². The lowest BCUT2D eigenvalue weighted by Gasteiger charge is -2.12. The van der Waals surface area contributed by atoms with Crippen molar-refractivity contribution >= 4 is 21.8 Å². The van der Waals surface area contributed by atoms with Crippen molar-refractivity contribution in [1.82, 2.24) is 19.5 Å². The quantitative estimate of drug-likeness (QED) is 0.166. The van der Waals surface area contributed by atoms with Gasteiger partial charge >= 0.3 is 0 Å². The average molecular weight is 707 g/mol. The summed E-state index contributed by atoms with van der Waals surface area (Å²) in [5.74, 6) is 1.73. The standard InChI is InChI=1S/C51H34N4/c1-4-15-35(16-5-1)38-21-12-22-39(31-38)42-29-30-48-46(34-42)45-27-10-11-28-47(45)55(48)44-26-14-24-41(33-44)40-23-13-25-43(32-40)51-53-49(36-17-6-2-7-18-36)52-50(54-51)37-19-8-3-9-20-37/h1-34H/i10D,11D,27D,28D. The zero-order valence-corrected chi connectivity index (χ0v) is 29.6. The summed E-state index contributed by atoms with van der Waals surface area (Å²) in [7, 11) is 0. The Balaban J connectivity index is 1.11. The molecule has 0 N–H and O–H groups in total. The van der Waals surface area contributed by atoms with Gasteiger partial charge in [0, 0.05) is 33.2 Å². The normalized spacial score (nSPS) is 12.3. The molecule has 55 heavy (non-hydrogen) atoms. The maximum atomic E-state index is 9.16. The van der Waals surface area contributed by atoms with E-state index in [1.54, 1.807) is 0 Å². The molecule has 0 spiro atoms. The van der Waals surface area contributed by atoms with E-state index in [1.807, 2.05) is 138 Å². The number of aromatic nitrogens is 4. The Labute approximate surface area is 325 Å². The molecular weight excluding hydrogens is 669 g/mol. The molecule has 2 heterocycles. The highest BCUT2D eigenvalue weighted by molar-refractivity contribution is 6.10. The number of hydrogen-bond acceptors (Lipinski definition) is 3. The lowest BCUT2D eigenvalue weighted by atomic mass is 9.98. The highest BCUT2D eigenvalue weighted by atomic mass is 15.0. The van der Waals surface area contributed by atoms with Crippen molar-refractivity contribution < 1.29 is 5.48 Å². The van der Waals surface area contributed by atoms with E-state index in [9.17, 15) is 0 Å². The number of hydrogen-bond donors (Lipinski definition) is 0. The second-order valence-electron chi connectivity index (χ2n) is 13.4. The fourth-order valence-corrected chi connectivity index (χ4v) is 7.28. The van der Waals surface area contributed by atoms with Crippen molar-refractivity contribution in [2.45, 2.75) is 0 Å². The number of benzene rings is 8. The molecule has 0 fully saturated rings. The average Bonchev–Trinajstić information content (AvgIpc) is 3.66. The van der Waals surface area contributed by atoms with Gasteiger partial charge < -0.3 is 4.57 Å². The molecule has 0 saturated heterocycles. The van der Waals surface area contributed by atoms with Crippen molar-refractivity contribution in [3.8, 4) is 73.2 Å². The van der Waals surface area contributed by atoms with E-state index in [1.165, 1.54) is 0 Å². The molecule has 0 aliphatic heterocycles. The topological polar surface area (TPSA) is 43.6 Å². The summed E-state index contributed by atoms with van der Waals surface area (Å²) in [6, 6.07) is 60.1. The van der Waals surface area contributed by atoms with E-state index in [4.69, 9.17) is 20.4 Å². The molecular formula is C51H34N4. The summed E-state index contributed by atoms with van der Waals surface area (Å²) in [6.07, 6.45) is 0. The molecule has 0 bridgehead atoms. The van der Waals surface area contributed by atoms with Crippen LogP contribution in [0.25, 0.3) is 95.0 Å². The van der Waals surface area contributed by atoms with Crippen LogP contribution in [0.4, 0.5) is 0 Å². The van der Waals surface area contributed by atoms with Gasteiger partial charge in [0.15, 0.2) is 17.5 Å². The highest BCUT2D eigenvalue weighted by Crippen LogP contribution is 2.37. The van der Waals surface area contributed by atoms with E-state index in [-0.39, 0.29) is 24.2 Å². The van der Waals surface area contributed by atoms with Crippen LogP contribution >= 0.6 is 0 Å². The third-order valence-corrected chi connectivity index (χ3v) is 9.96. The predicted octanol–water partition coefficient (Wildman–Crippen LogP) is 13.0. The van der Waals surface area contributed by atoms with Gasteiger partial charge in [-0.1, -0.05) is 164 Å². The van der Waals surface area contributed by atoms with Gasteiger partial charge in [-0.05, 0) is 75.8 Å². The molecule has 8 aromatic carbocycles. The number of para-hydroxylation sites is 1. The van der Waals surface area contributed by atoms with Gasteiger partial charge in [-0.15, -0.1) is 0 Å². The van der Waals surface area contributed by atoms with Crippen LogP contribution in [0.1, 0.15) is 5.48 Å². The third kappa shape index (κ3) is 6.16. The zero-order chi connectivity index (χ0) is 40.0. The van der Waals surface area contributed by atoms with E-state index in [0.29, 0.717) is 28.4 Å². The van der Waals surface area contributed by atoms with Crippen LogP contribution in [-0.4, -0.2) is 19.5 Å². The maximum Gasteiger partial charge on any atom is 0.164 e. The molecule has 0 amide bonds. The fourth-order valence-electron chi connectivity index (χ4n) is 7.28. The van der Waals surface area contributed by atoms with Crippen LogP contribution in [0, 0.1) is 0 Å². The minimum Gasteiger partial charge on any atom is -0.309 e. The molecule has 10 aromatic rings. The third-order valence-electron chi connectivity index (χ3n) is 9.96. The van der Waals surface area contributed by atoms with E-state index in [0.717, 1.165) is 66.7 Å². The first kappa shape index (κ1) is 28.1. The first-order valence-electron chi connectivity index (χ1n) is 20.2. The van der Waals surface area contributed by atoms with E-state index >= 15 is 0 Å². The second-order valence-corrected chi connectivity index (χ2v) is 13.4. The molecule has 4 heteroatoms. The Kier molecular flexibility index (Phi) is 7.08. The van der Waals surface area contributed by atoms with Gasteiger partial charge in [0.25, 0.3) is 0 Å². The monoisotopic (exact) mass is 706 g/mol. The highest BCUT2D eigenvalue weighted by Gasteiger charge is 2.16. The largest absolute Gasteiger partial charge is 0.309 e. The minimum atomic E-state index is -0.270. The van der Waals surface area contributed by atoms with Crippen molar-refractivity contribution in [2.24, 2.45) is 0 Å². The Morgan fingerprint density at radius 2 is 0.782 bits per heavy atom.